The molecule has 0 heterocycles. The zero-order valence-corrected chi connectivity index (χ0v) is 9.83. The first-order valence-electron chi connectivity index (χ1n) is 5.24. The zero-order valence-electron chi connectivity index (χ0n) is 9.83. The molecule has 0 unspecified atom stereocenters. The van der Waals surface area contributed by atoms with E-state index in [9.17, 15) is 4.79 Å². The minimum absolute atomic E-state index is 0.0601. The summed E-state index contributed by atoms with van der Waals surface area (Å²) in [6.07, 6.45) is 0. The summed E-state index contributed by atoms with van der Waals surface area (Å²) in [6.45, 7) is 8.17. The maximum absolute atomic E-state index is 11.3. The van der Waals surface area contributed by atoms with Gasteiger partial charge in [-0.05, 0) is 30.5 Å². The molecule has 0 bridgehead atoms. The van der Waals surface area contributed by atoms with Gasteiger partial charge in [-0.2, -0.15) is 0 Å². The molecule has 0 radical (unpaired) electrons. The van der Waals surface area contributed by atoms with Gasteiger partial charge in [-0.1, -0.05) is 32.0 Å². The van der Waals surface area contributed by atoms with Crippen molar-refractivity contribution in [2.45, 2.75) is 34.3 Å². The van der Waals surface area contributed by atoms with E-state index < -0.39 is 0 Å². The Balaban J connectivity index is 2.66. The van der Waals surface area contributed by atoms with Crippen LogP contribution in [0.5, 0.6) is 0 Å². The second-order valence-corrected chi connectivity index (χ2v) is 4.12. The van der Waals surface area contributed by atoms with Gasteiger partial charge in [0.1, 0.15) is 6.61 Å². The van der Waals surface area contributed by atoms with Crippen LogP contribution in [0.25, 0.3) is 0 Å². The van der Waals surface area contributed by atoms with Crippen LogP contribution in [0.1, 0.15) is 30.5 Å². The lowest BCUT2D eigenvalue weighted by Gasteiger charge is -2.10. The summed E-state index contributed by atoms with van der Waals surface area (Å²) >= 11 is 0. The molecular weight excluding hydrogens is 188 g/mol. The Hall–Kier alpha value is -1.31. The lowest BCUT2D eigenvalue weighted by molar-refractivity contribution is -0.148. The molecule has 82 valence electrons. The van der Waals surface area contributed by atoms with Gasteiger partial charge in [0.25, 0.3) is 0 Å². The third kappa shape index (κ3) is 3.08. The molecule has 0 saturated heterocycles. The van der Waals surface area contributed by atoms with Crippen LogP contribution in [0.4, 0.5) is 0 Å². The number of rotatable bonds is 3. The van der Waals surface area contributed by atoms with Crippen molar-refractivity contribution in [3.8, 4) is 0 Å². The van der Waals surface area contributed by atoms with Crippen molar-refractivity contribution in [2.24, 2.45) is 5.92 Å². The Morgan fingerprint density at radius 3 is 2.60 bits per heavy atom. The Labute approximate surface area is 91.3 Å². The van der Waals surface area contributed by atoms with E-state index in [-0.39, 0.29) is 11.9 Å². The quantitative estimate of drug-likeness (QED) is 0.711. The predicted molar refractivity (Wildman–Crippen MR) is 60.6 cm³/mol. The molecule has 2 nitrogen and oxygen atoms in total. The molecule has 1 aromatic rings. The van der Waals surface area contributed by atoms with E-state index in [0.717, 1.165) is 5.56 Å². The smallest absolute Gasteiger partial charge is 0.308 e. The molecule has 0 amide bonds. The van der Waals surface area contributed by atoms with E-state index in [0.29, 0.717) is 6.61 Å². The van der Waals surface area contributed by atoms with Gasteiger partial charge < -0.3 is 4.74 Å². The molecule has 1 rings (SSSR count). The number of aryl methyl sites for hydroxylation is 1. The van der Waals surface area contributed by atoms with Gasteiger partial charge in [-0.15, -0.1) is 0 Å². The van der Waals surface area contributed by atoms with Crippen molar-refractivity contribution in [2.75, 3.05) is 0 Å². The molecule has 0 saturated carbocycles. The molecule has 0 aliphatic heterocycles. The summed E-state index contributed by atoms with van der Waals surface area (Å²) in [6, 6.07) is 6.04. The summed E-state index contributed by atoms with van der Waals surface area (Å²) in [7, 11) is 0. The average Bonchev–Trinajstić information content (AvgIpc) is 2.19. The van der Waals surface area contributed by atoms with Crippen LogP contribution in [0, 0.1) is 19.8 Å². The van der Waals surface area contributed by atoms with Crippen molar-refractivity contribution < 1.29 is 9.53 Å². The predicted octanol–water partition coefficient (Wildman–Crippen LogP) is 3.00. The van der Waals surface area contributed by atoms with Gasteiger partial charge in [0.05, 0.1) is 5.92 Å². The van der Waals surface area contributed by atoms with Crippen LogP contribution in [0.2, 0.25) is 0 Å². The standard InChI is InChI=1S/C13H18O2/c1-9(2)13(14)15-8-12-7-5-6-10(3)11(12)4/h5-7,9H,8H2,1-4H3. The Morgan fingerprint density at radius 2 is 2.00 bits per heavy atom. The fraction of sp³-hybridized carbons (Fsp3) is 0.462. The number of carbonyl (C=O) groups excluding carboxylic acids is 1. The molecule has 2 heteroatoms. The minimum atomic E-state index is -0.143. The summed E-state index contributed by atoms with van der Waals surface area (Å²) in [5.74, 6) is -0.203. The van der Waals surface area contributed by atoms with E-state index >= 15 is 0 Å². The van der Waals surface area contributed by atoms with Crippen LogP contribution in [-0.2, 0) is 16.1 Å². The second kappa shape index (κ2) is 4.96. The summed E-state index contributed by atoms with van der Waals surface area (Å²) in [5, 5.41) is 0. The molecule has 0 aliphatic rings. The van der Waals surface area contributed by atoms with Gasteiger partial charge in [0.2, 0.25) is 0 Å². The highest BCUT2D eigenvalue weighted by Gasteiger charge is 2.09. The molecule has 15 heavy (non-hydrogen) atoms. The van der Waals surface area contributed by atoms with Gasteiger partial charge in [0, 0.05) is 0 Å². The van der Waals surface area contributed by atoms with Gasteiger partial charge in [-0.25, -0.2) is 0 Å². The van der Waals surface area contributed by atoms with E-state index in [1.807, 2.05) is 32.9 Å². The van der Waals surface area contributed by atoms with Crippen LogP contribution in [-0.4, -0.2) is 5.97 Å². The number of carbonyl (C=O) groups is 1. The van der Waals surface area contributed by atoms with Crippen molar-refractivity contribution in [3.05, 3.63) is 34.9 Å². The van der Waals surface area contributed by atoms with Crippen molar-refractivity contribution in [1.82, 2.24) is 0 Å². The molecule has 0 aromatic heterocycles. The van der Waals surface area contributed by atoms with Crippen molar-refractivity contribution in [3.63, 3.8) is 0 Å². The Morgan fingerprint density at radius 1 is 1.33 bits per heavy atom. The normalized spacial score (nSPS) is 10.5. The van der Waals surface area contributed by atoms with E-state index in [1.54, 1.807) is 0 Å². The third-order valence-corrected chi connectivity index (χ3v) is 2.56. The summed E-state index contributed by atoms with van der Waals surface area (Å²) in [4.78, 5) is 11.3. The van der Waals surface area contributed by atoms with Crippen LogP contribution < -0.4 is 0 Å². The molecule has 0 N–H and O–H groups in total. The molecule has 0 aliphatic carbocycles. The van der Waals surface area contributed by atoms with Crippen LogP contribution >= 0.6 is 0 Å². The van der Waals surface area contributed by atoms with E-state index in [1.165, 1.54) is 11.1 Å². The second-order valence-electron chi connectivity index (χ2n) is 4.12. The number of hydrogen-bond donors (Lipinski definition) is 0. The third-order valence-electron chi connectivity index (χ3n) is 2.56. The highest BCUT2D eigenvalue weighted by molar-refractivity contribution is 5.71. The van der Waals surface area contributed by atoms with E-state index in [2.05, 4.69) is 13.0 Å². The lowest BCUT2D eigenvalue weighted by Crippen LogP contribution is -2.11. The first-order chi connectivity index (χ1) is 7.02. The minimum Gasteiger partial charge on any atom is -0.461 e. The van der Waals surface area contributed by atoms with Crippen molar-refractivity contribution >= 4 is 5.97 Å². The summed E-state index contributed by atoms with van der Waals surface area (Å²) in [5.41, 5.74) is 3.52. The molecule has 0 fully saturated rings. The lowest BCUT2D eigenvalue weighted by atomic mass is 10.0. The van der Waals surface area contributed by atoms with Gasteiger partial charge >= 0.3 is 5.97 Å². The first kappa shape index (κ1) is 11.8. The van der Waals surface area contributed by atoms with Crippen LogP contribution in [0.3, 0.4) is 0 Å². The highest BCUT2D eigenvalue weighted by atomic mass is 16.5. The maximum atomic E-state index is 11.3. The monoisotopic (exact) mass is 206 g/mol. The number of ether oxygens (including phenoxy) is 1. The molecular formula is C13H18O2. The highest BCUT2D eigenvalue weighted by Crippen LogP contribution is 2.14. The Bertz CT molecular complexity index is 354. The van der Waals surface area contributed by atoms with Crippen molar-refractivity contribution in [1.29, 1.82) is 0 Å². The van der Waals surface area contributed by atoms with Gasteiger partial charge in [0.15, 0.2) is 0 Å². The maximum Gasteiger partial charge on any atom is 0.308 e. The largest absolute Gasteiger partial charge is 0.461 e. The summed E-state index contributed by atoms with van der Waals surface area (Å²) < 4.78 is 5.19. The Kier molecular flexibility index (Phi) is 3.89. The number of hydrogen-bond acceptors (Lipinski definition) is 2. The first-order valence-corrected chi connectivity index (χ1v) is 5.24. The zero-order chi connectivity index (χ0) is 11.4. The van der Waals surface area contributed by atoms with Crippen LogP contribution in [0.15, 0.2) is 18.2 Å². The fourth-order valence-electron chi connectivity index (χ4n) is 1.28. The molecule has 1 aromatic carbocycles. The average molecular weight is 206 g/mol. The topological polar surface area (TPSA) is 26.3 Å². The fourth-order valence-corrected chi connectivity index (χ4v) is 1.28. The number of esters is 1. The van der Waals surface area contributed by atoms with Gasteiger partial charge in [-0.3, -0.25) is 4.79 Å². The molecule has 0 spiro atoms. The SMILES string of the molecule is Cc1cccc(COC(=O)C(C)C)c1C. The van der Waals surface area contributed by atoms with E-state index in [4.69, 9.17) is 4.74 Å². The number of benzene rings is 1. The molecule has 0 atom stereocenters.